The molecule has 2 aromatic rings. The highest BCUT2D eigenvalue weighted by Crippen LogP contribution is 2.31. The Bertz CT molecular complexity index is 557. The molecule has 0 fully saturated rings. The quantitative estimate of drug-likeness (QED) is 0.781. The van der Waals surface area contributed by atoms with Gasteiger partial charge < -0.3 is 14.5 Å². The summed E-state index contributed by atoms with van der Waals surface area (Å²) in [5, 5.41) is 4.66. The van der Waals surface area contributed by atoms with Crippen molar-refractivity contribution in [2.45, 2.75) is 33.6 Å². The fourth-order valence-corrected chi connectivity index (χ4v) is 2.38. The summed E-state index contributed by atoms with van der Waals surface area (Å²) in [6, 6.07) is 4.28. The van der Waals surface area contributed by atoms with Crippen molar-refractivity contribution in [2.75, 3.05) is 20.2 Å². The fraction of sp³-hybridized carbons (Fsp3) is 0.529. The molecule has 1 N–H and O–H groups in total. The van der Waals surface area contributed by atoms with Crippen LogP contribution in [0.2, 0.25) is 0 Å². The largest absolute Gasteiger partial charge is 0.493 e. The molecule has 0 saturated carbocycles. The fourth-order valence-electron chi connectivity index (χ4n) is 2.38. The Morgan fingerprint density at radius 2 is 2.10 bits per heavy atom. The summed E-state index contributed by atoms with van der Waals surface area (Å²) < 4.78 is 11.1. The minimum Gasteiger partial charge on any atom is -0.493 e. The van der Waals surface area contributed by atoms with Gasteiger partial charge in [0.05, 0.1) is 13.4 Å². The van der Waals surface area contributed by atoms with Gasteiger partial charge in [-0.1, -0.05) is 20.8 Å². The molecule has 0 aliphatic carbocycles. The van der Waals surface area contributed by atoms with Crippen molar-refractivity contribution < 1.29 is 9.15 Å². The Balaban J connectivity index is 2.17. The van der Waals surface area contributed by atoms with E-state index in [0.717, 1.165) is 37.3 Å². The van der Waals surface area contributed by atoms with Crippen molar-refractivity contribution >= 4 is 11.0 Å². The average molecular weight is 275 g/mol. The van der Waals surface area contributed by atoms with Crippen molar-refractivity contribution in [3.8, 4) is 5.75 Å². The zero-order chi connectivity index (χ0) is 14.5. The second-order valence-electron chi connectivity index (χ2n) is 5.64. The van der Waals surface area contributed by atoms with Gasteiger partial charge in [0.25, 0.3) is 0 Å². The summed E-state index contributed by atoms with van der Waals surface area (Å²) in [5.74, 6) is 1.52. The lowest BCUT2D eigenvalue weighted by atomic mass is 10.1. The number of methoxy groups -OCH3 is 1. The van der Waals surface area contributed by atoms with Gasteiger partial charge in [0, 0.05) is 5.39 Å². The maximum atomic E-state index is 5.70. The first kappa shape index (κ1) is 14.9. The molecule has 0 spiro atoms. The lowest BCUT2D eigenvalue weighted by molar-refractivity contribution is 0.409. The van der Waals surface area contributed by atoms with E-state index in [4.69, 9.17) is 9.15 Å². The van der Waals surface area contributed by atoms with Gasteiger partial charge in [-0.25, -0.2) is 0 Å². The number of hydrogen-bond donors (Lipinski definition) is 1. The van der Waals surface area contributed by atoms with Crippen LogP contribution in [0.1, 0.15) is 31.9 Å². The van der Waals surface area contributed by atoms with Gasteiger partial charge in [-0.3, -0.25) is 0 Å². The third-order valence-corrected chi connectivity index (χ3v) is 3.53. The Morgan fingerprint density at radius 1 is 1.30 bits per heavy atom. The summed E-state index contributed by atoms with van der Waals surface area (Å²) in [4.78, 5) is 0. The summed E-state index contributed by atoms with van der Waals surface area (Å²) >= 11 is 0. The number of nitrogens with one attached hydrogen (secondary N) is 1. The predicted octanol–water partition coefficient (Wildman–Crippen LogP) is 3.79. The summed E-state index contributed by atoms with van der Waals surface area (Å²) in [6.07, 6.45) is 3.85. The first-order valence-corrected chi connectivity index (χ1v) is 7.43. The zero-order valence-corrected chi connectivity index (χ0v) is 13.0. The average Bonchev–Trinajstić information content (AvgIpc) is 2.85. The number of fused-ring (bicyclic) bond motifs is 1. The van der Waals surface area contributed by atoms with Gasteiger partial charge >= 0.3 is 0 Å². The SMILES string of the molecule is CCc1cc(OC)c2occ(CCNCC(C)C)c2c1. The summed E-state index contributed by atoms with van der Waals surface area (Å²) in [6.45, 7) is 8.63. The van der Waals surface area contributed by atoms with Crippen LogP contribution >= 0.6 is 0 Å². The first-order chi connectivity index (χ1) is 9.65. The van der Waals surface area contributed by atoms with Crippen molar-refractivity contribution in [3.63, 3.8) is 0 Å². The maximum absolute atomic E-state index is 5.70. The van der Waals surface area contributed by atoms with Gasteiger partial charge in [-0.05, 0) is 55.1 Å². The Morgan fingerprint density at radius 3 is 2.75 bits per heavy atom. The van der Waals surface area contributed by atoms with Crippen LogP contribution in [0.4, 0.5) is 0 Å². The van der Waals surface area contributed by atoms with Crippen LogP contribution in [-0.4, -0.2) is 20.2 Å². The zero-order valence-electron chi connectivity index (χ0n) is 13.0. The highest BCUT2D eigenvalue weighted by molar-refractivity contribution is 5.87. The minimum absolute atomic E-state index is 0.683. The molecule has 1 heterocycles. The molecule has 0 aliphatic rings. The van der Waals surface area contributed by atoms with Crippen LogP contribution in [0, 0.1) is 5.92 Å². The minimum atomic E-state index is 0.683. The van der Waals surface area contributed by atoms with E-state index in [1.807, 2.05) is 6.26 Å². The van der Waals surface area contributed by atoms with Crippen LogP contribution in [0.15, 0.2) is 22.8 Å². The van der Waals surface area contributed by atoms with Crippen LogP contribution in [-0.2, 0) is 12.8 Å². The molecule has 20 heavy (non-hydrogen) atoms. The van der Waals surface area contributed by atoms with Gasteiger partial charge in [0.15, 0.2) is 11.3 Å². The molecular weight excluding hydrogens is 250 g/mol. The smallest absolute Gasteiger partial charge is 0.175 e. The molecule has 1 aromatic carbocycles. The van der Waals surface area contributed by atoms with E-state index in [0.29, 0.717) is 5.92 Å². The van der Waals surface area contributed by atoms with Crippen LogP contribution < -0.4 is 10.1 Å². The Hall–Kier alpha value is -1.48. The maximum Gasteiger partial charge on any atom is 0.175 e. The van der Waals surface area contributed by atoms with Gasteiger partial charge in [0.2, 0.25) is 0 Å². The van der Waals surface area contributed by atoms with Crippen LogP contribution in [0.5, 0.6) is 5.75 Å². The molecule has 110 valence electrons. The number of rotatable bonds is 7. The molecule has 0 saturated heterocycles. The molecule has 0 amide bonds. The lowest BCUT2D eigenvalue weighted by Gasteiger charge is -2.07. The first-order valence-electron chi connectivity index (χ1n) is 7.43. The predicted molar refractivity (Wildman–Crippen MR) is 83.6 cm³/mol. The molecule has 3 nitrogen and oxygen atoms in total. The number of furan rings is 1. The van der Waals surface area contributed by atoms with E-state index in [-0.39, 0.29) is 0 Å². The van der Waals surface area contributed by atoms with Gasteiger partial charge in [-0.15, -0.1) is 0 Å². The van der Waals surface area contributed by atoms with Crippen molar-refractivity contribution in [3.05, 3.63) is 29.5 Å². The van der Waals surface area contributed by atoms with Crippen molar-refractivity contribution in [1.82, 2.24) is 5.32 Å². The number of hydrogen-bond acceptors (Lipinski definition) is 3. The molecule has 0 unspecified atom stereocenters. The standard InChI is InChI=1S/C17H25NO2/c1-5-13-8-15-14(6-7-18-10-12(2)3)11-20-17(15)16(9-13)19-4/h8-9,11-12,18H,5-7,10H2,1-4H3. The molecule has 2 rings (SSSR count). The van der Waals surface area contributed by atoms with Crippen LogP contribution in [0.25, 0.3) is 11.0 Å². The number of ether oxygens (including phenoxy) is 1. The van der Waals surface area contributed by atoms with E-state index >= 15 is 0 Å². The van der Waals surface area contributed by atoms with E-state index in [1.165, 1.54) is 16.5 Å². The van der Waals surface area contributed by atoms with Crippen molar-refractivity contribution in [1.29, 1.82) is 0 Å². The van der Waals surface area contributed by atoms with Gasteiger partial charge in [-0.2, -0.15) is 0 Å². The van der Waals surface area contributed by atoms with E-state index in [1.54, 1.807) is 7.11 Å². The third kappa shape index (κ3) is 3.34. The number of aryl methyl sites for hydroxylation is 1. The highest BCUT2D eigenvalue weighted by Gasteiger charge is 2.12. The third-order valence-electron chi connectivity index (χ3n) is 3.53. The second-order valence-corrected chi connectivity index (χ2v) is 5.64. The summed E-state index contributed by atoms with van der Waals surface area (Å²) in [5.41, 5.74) is 3.40. The molecule has 3 heteroatoms. The Labute approximate surface area is 121 Å². The topological polar surface area (TPSA) is 34.4 Å². The van der Waals surface area contributed by atoms with E-state index in [2.05, 4.69) is 38.2 Å². The van der Waals surface area contributed by atoms with E-state index < -0.39 is 0 Å². The molecule has 0 aliphatic heterocycles. The second kappa shape index (κ2) is 6.80. The summed E-state index contributed by atoms with van der Waals surface area (Å²) in [7, 11) is 1.70. The van der Waals surface area contributed by atoms with Crippen molar-refractivity contribution in [2.24, 2.45) is 5.92 Å². The monoisotopic (exact) mass is 275 g/mol. The molecule has 0 bridgehead atoms. The Kier molecular flexibility index (Phi) is 5.07. The molecule has 0 radical (unpaired) electrons. The highest BCUT2D eigenvalue weighted by atomic mass is 16.5. The van der Waals surface area contributed by atoms with E-state index in [9.17, 15) is 0 Å². The lowest BCUT2D eigenvalue weighted by Crippen LogP contribution is -2.22. The molecular formula is C17H25NO2. The molecule has 0 atom stereocenters. The molecule has 1 aromatic heterocycles. The van der Waals surface area contributed by atoms with Crippen LogP contribution in [0.3, 0.4) is 0 Å². The number of benzene rings is 1. The normalized spacial score (nSPS) is 11.4. The van der Waals surface area contributed by atoms with Gasteiger partial charge in [0.1, 0.15) is 0 Å².